The molecule has 3 fully saturated rings. The van der Waals surface area contributed by atoms with E-state index < -0.39 is 5.41 Å². The molecule has 6 N–H and O–H groups in total. The third-order valence-corrected chi connectivity index (χ3v) is 6.92. The molecular formula is C22H40Cl2N4O4. The smallest absolute Gasteiger partial charge is 0.245 e. The quantitative estimate of drug-likeness (QED) is 0.633. The van der Waals surface area contributed by atoms with Crippen LogP contribution in [0.4, 0.5) is 0 Å². The van der Waals surface area contributed by atoms with Gasteiger partial charge < -0.3 is 21.0 Å². The first-order chi connectivity index (χ1) is 13.7. The van der Waals surface area contributed by atoms with Crippen LogP contribution in [0.1, 0.15) is 44.6 Å². The molecule has 3 saturated heterocycles. The van der Waals surface area contributed by atoms with Crippen molar-refractivity contribution in [3.8, 4) is 0 Å². The Kier molecular flexibility index (Phi) is 13.3. The predicted octanol–water partition coefficient (Wildman–Crippen LogP) is 1.07. The number of ether oxygens (including phenoxy) is 1. The number of hydrogen-bond donors (Lipinski definition) is 2. The Morgan fingerprint density at radius 3 is 2.22 bits per heavy atom. The van der Waals surface area contributed by atoms with Crippen LogP contribution >= 0.6 is 24.8 Å². The summed E-state index contributed by atoms with van der Waals surface area (Å²) in [4.78, 5) is 16.0. The Morgan fingerprint density at radius 1 is 1.06 bits per heavy atom. The second-order valence-electron chi connectivity index (χ2n) is 8.40. The number of hydrazine groups is 1. The first-order valence-electron chi connectivity index (χ1n) is 10.9. The molecule has 3 aliphatic rings. The molecule has 4 rings (SSSR count). The molecule has 1 aromatic rings. The summed E-state index contributed by atoms with van der Waals surface area (Å²) < 4.78 is 6.25. The van der Waals surface area contributed by atoms with Crippen molar-refractivity contribution in [3.05, 3.63) is 35.9 Å². The number of halogens is 2. The second kappa shape index (κ2) is 13.7. The normalized spacial score (nSPS) is 25.3. The molecule has 0 aromatic heterocycles. The molecule has 0 saturated carbocycles. The lowest BCUT2D eigenvalue weighted by Crippen LogP contribution is -2.64. The molecule has 3 aliphatic heterocycles. The van der Waals surface area contributed by atoms with Gasteiger partial charge in [0.1, 0.15) is 5.72 Å². The van der Waals surface area contributed by atoms with Gasteiger partial charge >= 0.3 is 0 Å². The molecule has 1 unspecified atom stereocenters. The van der Waals surface area contributed by atoms with Crippen LogP contribution < -0.4 is 10.7 Å². The highest BCUT2D eigenvalue weighted by Crippen LogP contribution is 2.39. The topological polar surface area (TPSA) is 120 Å². The van der Waals surface area contributed by atoms with Crippen molar-refractivity contribution in [2.75, 3.05) is 45.9 Å². The van der Waals surface area contributed by atoms with E-state index in [4.69, 9.17) is 4.74 Å². The van der Waals surface area contributed by atoms with Crippen molar-refractivity contribution in [1.82, 2.24) is 20.7 Å². The number of likely N-dealkylation sites (tertiary alicyclic amines) is 1. The highest BCUT2D eigenvalue weighted by molar-refractivity contribution is 5.88. The summed E-state index contributed by atoms with van der Waals surface area (Å²) in [7, 11) is 0. The zero-order valence-corrected chi connectivity index (χ0v) is 20.5. The molecular weight excluding hydrogens is 455 g/mol. The molecule has 32 heavy (non-hydrogen) atoms. The molecule has 0 bridgehead atoms. The number of benzene rings is 1. The number of morpholine rings is 1. The largest absolute Gasteiger partial charge is 0.412 e. The van der Waals surface area contributed by atoms with Crippen LogP contribution in [0.3, 0.4) is 0 Å². The maximum atomic E-state index is 13.5. The van der Waals surface area contributed by atoms with Crippen LogP contribution in [0, 0.1) is 0 Å². The fourth-order valence-corrected chi connectivity index (χ4v) is 5.08. The van der Waals surface area contributed by atoms with Gasteiger partial charge in [-0.1, -0.05) is 37.3 Å². The number of amides is 1. The minimum Gasteiger partial charge on any atom is -0.412 e. The van der Waals surface area contributed by atoms with Crippen LogP contribution in [-0.2, 0) is 14.9 Å². The molecule has 186 valence electrons. The number of hydrogen-bond acceptors (Lipinski definition) is 5. The summed E-state index contributed by atoms with van der Waals surface area (Å²) in [5.41, 5.74) is 3.69. The molecule has 0 radical (unpaired) electrons. The van der Waals surface area contributed by atoms with Gasteiger partial charge in [0.25, 0.3) is 0 Å². The Hall–Kier alpha value is -0.970. The highest BCUT2D eigenvalue weighted by atomic mass is 35.5. The van der Waals surface area contributed by atoms with Crippen molar-refractivity contribution < 1.29 is 20.5 Å². The van der Waals surface area contributed by atoms with E-state index in [0.29, 0.717) is 0 Å². The molecule has 0 aliphatic carbocycles. The van der Waals surface area contributed by atoms with E-state index in [-0.39, 0.29) is 47.4 Å². The summed E-state index contributed by atoms with van der Waals surface area (Å²) in [5.74, 6) is 0.161. The zero-order chi connectivity index (χ0) is 19.5. The fourth-order valence-electron chi connectivity index (χ4n) is 5.08. The first kappa shape index (κ1) is 31.0. The molecule has 1 atom stereocenters. The van der Waals surface area contributed by atoms with Crippen LogP contribution in [0.2, 0.25) is 0 Å². The van der Waals surface area contributed by atoms with Gasteiger partial charge in [0.15, 0.2) is 0 Å². The van der Waals surface area contributed by atoms with Crippen LogP contribution in [0.5, 0.6) is 0 Å². The van der Waals surface area contributed by atoms with Gasteiger partial charge in [-0.2, -0.15) is 0 Å². The Labute approximate surface area is 203 Å². The van der Waals surface area contributed by atoms with Gasteiger partial charge in [-0.05, 0) is 37.7 Å². The van der Waals surface area contributed by atoms with Gasteiger partial charge in [-0.3, -0.25) is 15.1 Å². The number of rotatable bonds is 5. The lowest BCUT2D eigenvalue weighted by Gasteiger charge is -2.51. The molecule has 8 nitrogen and oxygen atoms in total. The summed E-state index contributed by atoms with van der Waals surface area (Å²) in [6.07, 6.45) is 4.92. The van der Waals surface area contributed by atoms with Gasteiger partial charge in [-0.15, -0.1) is 24.8 Å². The van der Waals surface area contributed by atoms with Crippen molar-refractivity contribution in [2.24, 2.45) is 0 Å². The Bertz CT molecular complexity index is 663. The van der Waals surface area contributed by atoms with E-state index in [9.17, 15) is 4.79 Å². The molecule has 1 amide bonds. The molecule has 3 heterocycles. The summed E-state index contributed by atoms with van der Waals surface area (Å²) >= 11 is 0. The second-order valence-corrected chi connectivity index (χ2v) is 8.40. The fraction of sp³-hybridized carbons (Fsp3) is 0.682. The van der Waals surface area contributed by atoms with E-state index in [1.165, 1.54) is 0 Å². The highest BCUT2D eigenvalue weighted by Gasteiger charge is 2.48. The predicted molar refractivity (Wildman–Crippen MR) is 131 cm³/mol. The van der Waals surface area contributed by atoms with Gasteiger partial charge in [0.05, 0.1) is 12.0 Å². The monoisotopic (exact) mass is 494 g/mol. The minimum absolute atomic E-state index is 0. The lowest BCUT2D eigenvalue weighted by molar-refractivity contribution is -0.182. The van der Waals surface area contributed by atoms with Crippen molar-refractivity contribution in [1.29, 1.82) is 0 Å². The first-order valence-corrected chi connectivity index (χ1v) is 10.9. The van der Waals surface area contributed by atoms with E-state index in [0.717, 1.165) is 83.5 Å². The standard InChI is InChI=1S/C22H34N4O2.2ClH.2H2O/c1-2-22(18-23-12-17-28-22)25-15-10-21(11-16-25,19-8-4-3-5-9-19)20(27)24-26-13-6-7-14-26;;;;/h3-5,8-9,23H,2,6-7,10-18H2,1H3,(H,24,27);2*1H;2*1H2. The van der Waals surface area contributed by atoms with Crippen LogP contribution in [0.25, 0.3) is 0 Å². The SMILES string of the molecule is CCC1(N2CCC(C(=O)NN3CCCC3)(c3ccccc3)CC2)CNCCO1.Cl.Cl.O.O. The number of nitrogens with one attached hydrogen (secondary N) is 2. The van der Waals surface area contributed by atoms with Crippen molar-refractivity contribution >= 4 is 30.7 Å². The molecule has 10 heteroatoms. The molecule has 1 aromatic carbocycles. The Balaban J connectivity index is 0.00000240. The number of carbonyl (C=O) groups excluding carboxylic acids is 1. The van der Waals surface area contributed by atoms with Gasteiger partial charge in [0.2, 0.25) is 5.91 Å². The molecule has 0 spiro atoms. The average molecular weight is 495 g/mol. The van der Waals surface area contributed by atoms with Crippen molar-refractivity contribution in [2.45, 2.75) is 50.2 Å². The van der Waals surface area contributed by atoms with Crippen molar-refractivity contribution in [3.63, 3.8) is 0 Å². The van der Waals surface area contributed by atoms with E-state index in [1.54, 1.807) is 0 Å². The lowest BCUT2D eigenvalue weighted by atomic mass is 9.71. The zero-order valence-electron chi connectivity index (χ0n) is 18.9. The minimum atomic E-state index is -0.461. The Morgan fingerprint density at radius 2 is 1.69 bits per heavy atom. The third-order valence-electron chi connectivity index (χ3n) is 6.92. The average Bonchev–Trinajstić information content (AvgIpc) is 3.28. The number of carbonyl (C=O) groups is 1. The van der Waals surface area contributed by atoms with E-state index in [2.05, 4.69) is 39.7 Å². The van der Waals surface area contributed by atoms with E-state index in [1.807, 2.05) is 18.2 Å². The maximum absolute atomic E-state index is 13.5. The number of piperidine rings is 1. The van der Waals surface area contributed by atoms with Gasteiger partial charge in [-0.25, -0.2) is 5.01 Å². The van der Waals surface area contributed by atoms with Crippen LogP contribution in [0.15, 0.2) is 30.3 Å². The summed E-state index contributed by atoms with van der Waals surface area (Å²) in [5, 5.41) is 5.59. The maximum Gasteiger partial charge on any atom is 0.245 e. The number of nitrogens with zero attached hydrogens (tertiary/aromatic N) is 2. The summed E-state index contributed by atoms with van der Waals surface area (Å²) in [6, 6.07) is 10.4. The van der Waals surface area contributed by atoms with Crippen LogP contribution in [-0.4, -0.2) is 78.4 Å². The van der Waals surface area contributed by atoms with E-state index >= 15 is 0 Å². The third kappa shape index (κ3) is 6.12. The van der Waals surface area contributed by atoms with Gasteiger partial charge in [0, 0.05) is 39.3 Å². The summed E-state index contributed by atoms with van der Waals surface area (Å²) in [6.45, 7) is 8.40.